The fraction of sp³-hybridized carbons (Fsp3) is 0.738. The Balaban J connectivity index is 1.69. The van der Waals surface area contributed by atoms with E-state index in [-0.39, 0.29) is 19.6 Å². The van der Waals surface area contributed by atoms with Crippen molar-refractivity contribution in [3.63, 3.8) is 0 Å². The predicted octanol–water partition coefficient (Wildman–Crippen LogP) is 11.7. The predicted molar refractivity (Wildman–Crippen MR) is 316 cm³/mol. The number of unbranched alkanes of at least 4 members (excludes halogenated alkanes) is 19. The van der Waals surface area contributed by atoms with Crippen LogP contribution in [-0.2, 0) is 33.2 Å². The summed E-state index contributed by atoms with van der Waals surface area (Å²) in [7, 11) is 0. The number of hydrogen-bond donors (Lipinski definition) is 7. The fourth-order valence-corrected chi connectivity index (χ4v) is 9.21. The van der Waals surface area contributed by atoms with E-state index in [1.54, 1.807) is 0 Å². The lowest BCUT2D eigenvalue weighted by molar-refractivity contribution is -0.332. The first kappa shape index (κ1) is 72.0. The summed E-state index contributed by atoms with van der Waals surface area (Å²) in [5, 5.41) is 72.5. The summed E-state index contributed by atoms with van der Waals surface area (Å²) in [6.07, 6.45) is 51.8. The van der Waals surface area contributed by atoms with Crippen LogP contribution < -0.4 is 0 Å². The molecule has 0 amide bonds. The molecule has 0 aromatic heterocycles. The third-order valence-electron chi connectivity index (χ3n) is 14.1. The van der Waals surface area contributed by atoms with E-state index >= 15 is 0 Å². The Kier molecular flexibility index (Phi) is 46.1. The minimum absolute atomic E-state index is 0.0496. The van der Waals surface area contributed by atoms with E-state index in [1.807, 2.05) is 0 Å². The summed E-state index contributed by atoms with van der Waals surface area (Å²) in [4.78, 5) is 13.1. The molecule has 2 aliphatic rings. The van der Waals surface area contributed by atoms with Crippen molar-refractivity contribution >= 4 is 5.97 Å². The van der Waals surface area contributed by atoms with Crippen molar-refractivity contribution in [2.24, 2.45) is 0 Å². The molecule has 0 bridgehead atoms. The van der Waals surface area contributed by atoms with Crippen molar-refractivity contribution in [2.45, 2.75) is 274 Å². The number of carbonyl (C=O) groups excluding carboxylic acids is 1. The van der Waals surface area contributed by atoms with Crippen LogP contribution in [0.4, 0.5) is 0 Å². The highest BCUT2D eigenvalue weighted by Crippen LogP contribution is 2.27. The monoisotopic (exact) mass is 1110 g/mol. The molecule has 454 valence electrons. The summed E-state index contributed by atoms with van der Waals surface area (Å²) in [6.45, 7) is 3.44. The van der Waals surface area contributed by atoms with Crippen LogP contribution in [0, 0.1) is 0 Å². The van der Waals surface area contributed by atoms with Gasteiger partial charge >= 0.3 is 5.97 Å². The van der Waals surface area contributed by atoms with Gasteiger partial charge in [-0.2, -0.15) is 0 Å². The van der Waals surface area contributed by atoms with Gasteiger partial charge in [0.05, 0.1) is 26.4 Å². The van der Waals surface area contributed by atoms with Gasteiger partial charge in [-0.1, -0.05) is 207 Å². The van der Waals surface area contributed by atoms with Crippen LogP contribution in [0.1, 0.15) is 206 Å². The van der Waals surface area contributed by atoms with Crippen molar-refractivity contribution in [3.8, 4) is 0 Å². The standard InChI is InChI=1S/C65H110O14/c1-3-5-7-9-11-13-15-17-19-21-23-24-25-26-27-28-29-31-33-35-37-39-41-43-45-47-49-74-51-54(77-57(67)48-46-44-42-40-38-36-34-32-30-22-20-18-16-14-12-10-8-6-4-2)52-75-64-63(73)61(71)59(69)56(79-64)53-76-65-62(72)60(70)58(68)55(50-66)78-65/h5-8,11-14,17-20,23-24,30,32,54-56,58-66,68-73H,3-4,9-10,15-16,21-22,25-29,31,33-53H2,1-2H3/b7-5-,8-6-,13-11-,14-12-,19-17-,20-18-,24-23-,32-30-. The second-order valence-corrected chi connectivity index (χ2v) is 21.1. The Hall–Kier alpha value is -3.09. The van der Waals surface area contributed by atoms with Gasteiger partial charge in [-0.3, -0.25) is 4.79 Å². The third kappa shape index (κ3) is 36.9. The van der Waals surface area contributed by atoms with E-state index in [1.165, 1.54) is 70.6 Å². The second kappa shape index (κ2) is 50.6. The molecule has 2 heterocycles. The Morgan fingerprint density at radius 1 is 0.418 bits per heavy atom. The largest absolute Gasteiger partial charge is 0.457 e. The quantitative estimate of drug-likeness (QED) is 0.0172. The molecule has 14 nitrogen and oxygen atoms in total. The Bertz CT molecular complexity index is 1670. The van der Waals surface area contributed by atoms with E-state index in [2.05, 4.69) is 111 Å². The number of hydrogen-bond acceptors (Lipinski definition) is 14. The molecule has 2 saturated heterocycles. The first-order valence-corrected chi connectivity index (χ1v) is 30.8. The molecule has 0 spiro atoms. The molecular formula is C65H110O14. The first-order chi connectivity index (χ1) is 38.6. The lowest BCUT2D eigenvalue weighted by Gasteiger charge is -2.42. The van der Waals surface area contributed by atoms with Crippen LogP contribution in [0.3, 0.4) is 0 Å². The minimum Gasteiger partial charge on any atom is -0.457 e. The maximum absolute atomic E-state index is 13.1. The Morgan fingerprint density at radius 3 is 1.23 bits per heavy atom. The number of ether oxygens (including phenoxy) is 6. The number of carbonyl (C=O) groups is 1. The van der Waals surface area contributed by atoms with Crippen LogP contribution in [0.15, 0.2) is 97.2 Å². The van der Waals surface area contributed by atoms with Gasteiger partial charge < -0.3 is 64.2 Å². The Labute approximate surface area is 477 Å². The molecule has 14 heteroatoms. The molecule has 0 aromatic rings. The van der Waals surface area contributed by atoms with E-state index < -0.39 is 86.7 Å². The minimum atomic E-state index is -1.72. The van der Waals surface area contributed by atoms with Gasteiger partial charge in [-0.05, 0) is 89.9 Å². The summed E-state index contributed by atoms with van der Waals surface area (Å²) in [6, 6.07) is 0. The van der Waals surface area contributed by atoms with Crippen LogP contribution in [0.5, 0.6) is 0 Å². The first-order valence-electron chi connectivity index (χ1n) is 30.8. The van der Waals surface area contributed by atoms with E-state index in [4.69, 9.17) is 28.4 Å². The zero-order chi connectivity index (χ0) is 57.2. The van der Waals surface area contributed by atoms with Gasteiger partial charge in [0.1, 0.15) is 54.9 Å². The maximum atomic E-state index is 13.1. The molecule has 2 fully saturated rings. The molecule has 2 rings (SSSR count). The molecule has 11 unspecified atom stereocenters. The molecule has 2 aliphatic heterocycles. The highest BCUT2D eigenvalue weighted by atomic mass is 16.7. The van der Waals surface area contributed by atoms with Crippen molar-refractivity contribution in [2.75, 3.05) is 33.0 Å². The zero-order valence-corrected chi connectivity index (χ0v) is 48.8. The molecule has 0 aromatic carbocycles. The number of esters is 1. The lowest BCUT2D eigenvalue weighted by atomic mass is 9.98. The van der Waals surface area contributed by atoms with Crippen molar-refractivity contribution in [1.29, 1.82) is 0 Å². The van der Waals surface area contributed by atoms with Gasteiger partial charge in [0.15, 0.2) is 12.6 Å². The van der Waals surface area contributed by atoms with E-state index in [0.29, 0.717) is 13.0 Å². The molecule has 0 saturated carbocycles. The van der Waals surface area contributed by atoms with Crippen LogP contribution in [0.25, 0.3) is 0 Å². The number of aliphatic hydroxyl groups is 7. The molecule has 11 atom stereocenters. The van der Waals surface area contributed by atoms with E-state index in [9.17, 15) is 40.5 Å². The fourth-order valence-electron chi connectivity index (χ4n) is 9.21. The third-order valence-corrected chi connectivity index (χ3v) is 14.1. The smallest absolute Gasteiger partial charge is 0.306 e. The number of allylic oxidation sites excluding steroid dienone is 16. The van der Waals surface area contributed by atoms with Crippen LogP contribution >= 0.6 is 0 Å². The second-order valence-electron chi connectivity index (χ2n) is 21.1. The van der Waals surface area contributed by atoms with Crippen molar-refractivity contribution in [1.82, 2.24) is 0 Å². The molecule has 0 radical (unpaired) electrons. The van der Waals surface area contributed by atoms with Gasteiger partial charge in [-0.15, -0.1) is 0 Å². The zero-order valence-electron chi connectivity index (χ0n) is 48.8. The summed E-state index contributed by atoms with van der Waals surface area (Å²) in [5.74, 6) is -0.392. The highest BCUT2D eigenvalue weighted by Gasteiger charge is 2.47. The van der Waals surface area contributed by atoms with Gasteiger partial charge in [0.25, 0.3) is 0 Å². The van der Waals surface area contributed by atoms with Crippen molar-refractivity contribution < 1.29 is 69.0 Å². The maximum Gasteiger partial charge on any atom is 0.306 e. The Morgan fingerprint density at radius 2 is 0.785 bits per heavy atom. The lowest BCUT2D eigenvalue weighted by Crippen LogP contribution is -2.61. The average Bonchev–Trinajstić information content (AvgIpc) is 3.46. The van der Waals surface area contributed by atoms with E-state index in [0.717, 1.165) is 109 Å². The molecule has 0 aliphatic carbocycles. The summed E-state index contributed by atoms with van der Waals surface area (Å²) in [5.41, 5.74) is 0. The van der Waals surface area contributed by atoms with Gasteiger partial charge in [-0.25, -0.2) is 0 Å². The normalized spacial score (nSPS) is 24.7. The van der Waals surface area contributed by atoms with Crippen LogP contribution in [-0.4, -0.2) is 142 Å². The molecule has 7 N–H and O–H groups in total. The summed E-state index contributed by atoms with van der Waals surface area (Å²) < 4.78 is 34.4. The summed E-state index contributed by atoms with van der Waals surface area (Å²) >= 11 is 0. The SMILES string of the molecule is CC/C=C\C/C=C\C/C=C\C/C=C\CCCCCCCCCCCCCCCOCC(COC1OC(COC2OC(CO)C(O)C(O)C2O)C(O)C(O)C1O)OC(=O)CCCCCCCC/C=C\C/C=C\C/C=C\C/C=C\CC. The van der Waals surface area contributed by atoms with Crippen LogP contribution in [0.2, 0.25) is 0 Å². The highest BCUT2D eigenvalue weighted by molar-refractivity contribution is 5.69. The van der Waals surface area contributed by atoms with Crippen molar-refractivity contribution in [3.05, 3.63) is 97.2 Å². The molecular weight excluding hydrogens is 1000 g/mol. The average molecular weight is 1120 g/mol. The topological polar surface area (TPSA) is 214 Å². The number of aliphatic hydroxyl groups excluding tert-OH is 7. The van der Waals surface area contributed by atoms with Gasteiger partial charge in [0.2, 0.25) is 0 Å². The number of rotatable bonds is 49. The molecule has 79 heavy (non-hydrogen) atoms. The van der Waals surface area contributed by atoms with Gasteiger partial charge in [0, 0.05) is 13.0 Å².